The molecule has 0 aromatic heterocycles. The summed E-state index contributed by atoms with van der Waals surface area (Å²) in [6.07, 6.45) is 7.43. The van der Waals surface area contributed by atoms with Crippen molar-refractivity contribution in [2.45, 2.75) is 44.6 Å². The summed E-state index contributed by atoms with van der Waals surface area (Å²) in [7, 11) is 1.44. The molecule has 0 aromatic rings. The summed E-state index contributed by atoms with van der Waals surface area (Å²) in [5.74, 6) is 0.716. The normalized spacial score (nSPS) is 31.7. The van der Waals surface area contributed by atoms with E-state index < -0.39 is 0 Å². The van der Waals surface area contributed by atoms with E-state index in [1.54, 1.807) is 0 Å². The largest absolute Gasteiger partial charge is 0.466 e. The van der Waals surface area contributed by atoms with E-state index in [-0.39, 0.29) is 18.0 Å². The van der Waals surface area contributed by atoms with E-state index in [1.807, 2.05) is 0 Å². The molecule has 104 valence electrons. The zero-order valence-electron chi connectivity index (χ0n) is 11.6. The molecule has 3 aliphatic rings. The van der Waals surface area contributed by atoms with Crippen molar-refractivity contribution in [3.63, 3.8) is 0 Å². The van der Waals surface area contributed by atoms with Gasteiger partial charge in [-0.1, -0.05) is 31.4 Å². The van der Waals surface area contributed by atoms with Gasteiger partial charge in [-0.3, -0.25) is 0 Å². The fourth-order valence-corrected chi connectivity index (χ4v) is 3.97. The fraction of sp³-hybridized carbons (Fsp3) is 0.688. The third-order valence-corrected chi connectivity index (χ3v) is 4.91. The zero-order valence-corrected chi connectivity index (χ0v) is 11.6. The molecule has 3 heteroatoms. The first-order valence-electron chi connectivity index (χ1n) is 7.32. The lowest BCUT2D eigenvalue weighted by Gasteiger charge is -2.30. The van der Waals surface area contributed by atoms with Crippen molar-refractivity contribution < 1.29 is 14.3 Å². The number of hydrogen-bond donors (Lipinski definition) is 0. The Morgan fingerprint density at radius 2 is 2.05 bits per heavy atom. The van der Waals surface area contributed by atoms with Gasteiger partial charge in [0.2, 0.25) is 0 Å². The van der Waals surface area contributed by atoms with E-state index in [0.29, 0.717) is 18.9 Å². The Bertz CT molecular complexity index is 429. The highest BCUT2D eigenvalue weighted by Crippen LogP contribution is 2.48. The van der Waals surface area contributed by atoms with Crippen molar-refractivity contribution in [3.8, 4) is 0 Å². The summed E-state index contributed by atoms with van der Waals surface area (Å²) < 4.78 is 10.9. The predicted octanol–water partition coefficient (Wildman–Crippen LogP) is 3.01. The van der Waals surface area contributed by atoms with Gasteiger partial charge < -0.3 is 9.47 Å². The smallest absolute Gasteiger partial charge is 0.334 e. The summed E-state index contributed by atoms with van der Waals surface area (Å²) in [4.78, 5) is 11.8. The highest BCUT2D eigenvalue weighted by molar-refractivity contribution is 5.91. The highest BCUT2D eigenvalue weighted by atomic mass is 16.5. The minimum absolute atomic E-state index is 0.202. The van der Waals surface area contributed by atoms with Crippen molar-refractivity contribution in [1.29, 1.82) is 0 Å². The lowest BCUT2D eigenvalue weighted by atomic mass is 9.78. The Hall–Kier alpha value is -1.09. The molecule has 1 aliphatic heterocycles. The number of esters is 1. The third-order valence-electron chi connectivity index (χ3n) is 4.91. The molecule has 1 saturated heterocycles. The SMILES string of the molecule is C=C1CC(C(=O)OC)=C2CO[C@H](C3CCCCC3)[C@@H]12. The Labute approximate surface area is 114 Å². The summed E-state index contributed by atoms with van der Waals surface area (Å²) >= 11 is 0. The molecule has 0 radical (unpaired) electrons. The second-order valence-corrected chi connectivity index (χ2v) is 5.98. The molecule has 2 fully saturated rings. The van der Waals surface area contributed by atoms with Crippen LogP contribution in [0.15, 0.2) is 23.3 Å². The molecule has 0 amide bonds. The molecule has 2 atom stereocenters. The van der Waals surface area contributed by atoms with E-state index in [4.69, 9.17) is 9.47 Å². The molecule has 3 nitrogen and oxygen atoms in total. The van der Waals surface area contributed by atoms with E-state index >= 15 is 0 Å². The first-order chi connectivity index (χ1) is 9.22. The fourth-order valence-electron chi connectivity index (χ4n) is 3.97. The predicted molar refractivity (Wildman–Crippen MR) is 72.6 cm³/mol. The van der Waals surface area contributed by atoms with Crippen LogP contribution in [-0.4, -0.2) is 25.8 Å². The molecular formula is C16H22O3. The van der Waals surface area contributed by atoms with Gasteiger partial charge in [0.15, 0.2) is 0 Å². The molecule has 1 heterocycles. The molecule has 0 spiro atoms. The monoisotopic (exact) mass is 262 g/mol. The third kappa shape index (κ3) is 2.14. The summed E-state index contributed by atoms with van der Waals surface area (Å²) in [6.45, 7) is 4.77. The van der Waals surface area contributed by atoms with Gasteiger partial charge >= 0.3 is 5.97 Å². The van der Waals surface area contributed by atoms with Crippen molar-refractivity contribution >= 4 is 5.97 Å². The maximum absolute atomic E-state index is 11.8. The molecular weight excluding hydrogens is 240 g/mol. The Kier molecular flexibility index (Phi) is 3.48. The van der Waals surface area contributed by atoms with Crippen LogP contribution in [0.25, 0.3) is 0 Å². The molecule has 0 aromatic carbocycles. The Morgan fingerprint density at radius 3 is 2.74 bits per heavy atom. The first kappa shape index (κ1) is 12.9. The topological polar surface area (TPSA) is 35.5 Å². The van der Waals surface area contributed by atoms with Crippen molar-refractivity contribution in [3.05, 3.63) is 23.3 Å². The number of hydrogen-bond acceptors (Lipinski definition) is 3. The van der Waals surface area contributed by atoms with Gasteiger partial charge in [0, 0.05) is 17.9 Å². The van der Waals surface area contributed by atoms with Gasteiger partial charge in [-0.25, -0.2) is 4.79 Å². The Balaban J connectivity index is 1.83. The second-order valence-electron chi connectivity index (χ2n) is 5.98. The van der Waals surface area contributed by atoms with Gasteiger partial charge in [0.05, 0.1) is 19.8 Å². The second kappa shape index (κ2) is 5.12. The number of carbonyl (C=O) groups is 1. The number of rotatable bonds is 2. The standard InChI is InChI=1S/C16H22O3/c1-10-8-12(16(17)18-2)13-9-19-15(14(10)13)11-6-4-3-5-7-11/h11,14-15H,1,3-9H2,2H3/t14-,15+/m0/s1. The average Bonchev–Trinajstić information content (AvgIpc) is 3.01. The van der Waals surface area contributed by atoms with Crippen molar-refractivity contribution in [2.24, 2.45) is 11.8 Å². The number of ether oxygens (including phenoxy) is 2. The summed E-state index contributed by atoms with van der Waals surface area (Å²) in [5, 5.41) is 0. The van der Waals surface area contributed by atoms with Gasteiger partial charge in [-0.15, -0.1) is 0 Å². The highest BCUT2D eigenvalue weighted by Gasteiger charge is 2.45. The number of methoxy groups -OCH3 is 1. The van der Waals surface area contributed by atoms with Crippen LogP contribution in [0.4, 0.5) is 0 Å². The first-order valence-corrected chi connectivity index (χ1v) is 7.32. The number of fused-ring (bicyclic) bond motifs is 1. The molecule has 3 rings (SSSR count). The van der Waals surface area contributed by atoms with Crippen molar-refractivity contribution in [1.82, 2.24) is 0 Å². The van der Waals surface area contributed by atoms with E-state index in [2.05, 4.69) is 6.58 Å². The van der Waals surface area contributed by atoms with Crippen LogP contribution >= 0.6 is 0 Å². The molecule has 0 bridgehead atoms. The van der Waals surface area contributed by atoms with Crippen LogP contribution < -0.4 is 0 Å². The van der Waals surface area contributed by atoms with Gasteiger partial charge in [-0.2, -0.15) is 0 Å². The molecule has 0 N–H and O–H groups in total. The minimum Gasteiger partial charge on any atom is -0.466 e. The summed E-state index contributed by atoms with van der Waals surface area (Å²) in [5.41, 5.74) is 3.09. The van der Waals surface area contributed by atoms with Crippen LogP contribution in [0.2, 0.25) is 0 Å². The molecule has 0 unspecified atom stereocenters. The van der Waals surface area contributed by atoms with E-state index in [0.717, 1.165) is 16.7 Å². The number of carbonyl (C=O) groups excluding carboxylic acids is 1. The van der Waals surface area contributed by atoms with Crippen LogP contribution in [-0.2, 0) is 14.3 Å². The summed E-state index contributed by atoms with van der Waals surface area (Å²) in [6, 6.07) is 0. The quantitative estimate of drug-likeness (QED) is 0.567. The minimum atomic E-state index is -0.202. The van der Waals surface area contributed by atoms with Gasteiger partial charge in [0.1, 0.15) is 0 Å². The van der Waals surface area contributed by atoms with Crippen LogP contribution in [0, 0.1) is 11.8 Å². The van der Waals surface area contributed by atoms with Crippen LogP contribution in [0.3, 0.4) is 0 Å². The van der Waals surface area contributed by atoms with Gasteiger partial charge in [-0.05, 0) is 24.3 Å². The lowest BCUT2D eigenvalue weighted by Crippen LogP contribution is -2.28. The van der Waals surface area contributed by atoms with Crippen LogP contribution in [0.5, 0.6) is 0 Å². The van der Waals surface area contributed by atoms with Crippen LogP contribution in [0.1, 0.15) is 38.5 Å². The maximum atomic E-state index is 11.8. The zero-order chi connectivity index (χ0) is 13.4. The van der Waals surface area contributed by atoms with Gasteiger partial charge in [0.25, 0.3) is 0 Å². The van der Waals surface area contributed by atoms with E-state index in [9.17, 15) is 4.79 Å². The Morgan fingerprint density at radius 1 is 1.32 bits per heavy atom. The maximum Gasteiger partial charge on any atom is 0.334 e. The average molecular weight is 262 g/mol. The van der Waals surface area contributed by atoms with Crippen molar-refractivity contribution in [2.75, 3.05) is 13.7 Å². The molecule has 19 heavy (non-hydrogen) atoms. The molecule has 1 saturated carbocycles. The molecule has 2 aliphatic carbocycles. The lowest BCUT2D eigenvalue weighted by molar-refractivity contribution is -0.136. The van der Waals surface area contributed by atoms with E-state index in [1.165, 1.54) is 39.2 Å².